The summed E-state index contributed by atoms with van der Waals surface area (Å²) in [6.07, 6.45) is 0. The number of rotatable bonds is 4. The zero-order valence-electron chi connectivity index (χ0n) is 19.6. The van der Waals surface area contributed by atoms with Gasteiger partial charge in [-0.15, -0.1) is 0 Å². The van der Waals surface area contributed by atoms with Crippen LogP contribution in [0.25, 0.3) is 26.6 Å². The maximum atomic E-state index is 13.5. The van der Waals surface area contributed by atoms with Crippen LogP contribution in [0.15, 0.2) is 59.0 Å². The summed E-state index contributed by atoms with van der Waals surface area (Å²) in [6.45, 7) is 8.07. The highest BCUT2D eigenvalue weighted by atomic mass is 35.5. The Kier molecular flexibility index (Phi) is 5.49. The second-order valence-corrected chi connectivity index (χ2v) is 10.8. The maximum Gasteiger partial charge on any atom is 0.242 e. The van der Waals surface area contributed by atoms with Crippen LogP contribution in [0.4, 0.5) is 0 Å². The van der Waals surface area contributed by atoms with E-state index in [9.17, 15) is 15.0 Å². The number of halogens is 1. The molecule has 2 N–H and O–H groups in total. The zero-order chi connectivity index (χ0) is 25.1. The van der Waals surface area contributed by atoms with Gasteiger partial charge in [0.1, 0.15) is 11.3 Å². The molecular weight excluding hydrogens is 484 g/mol. The van der Waals surface area contributed by atoms with Crippen molar-refractivity contribution in [3.8, 4) is 28.0 Å². The third kappa shape index (κ3) is 3.90. The van der Waals surface area contributed by atoms with Crippen LogP contribution < -0.4 is 0 Å². The number of thiazole rings is 1. The van der Waals surface area contributed by atoms with E-state index in [0.29, 0.717) is 32.7 Å². The van der Waals surface area contributed by atoms with Crippen molar-refractivity contribution in [2.24, 2.45) is 0 Å². The molecule has 178 valence electrons. The van der Waals surface area contributed by atoms with Crippen LogP contribution in [-0.2, 0) is 5.41 Å². The van der Waals surface area contributed by atoms with Gasteiger partial charge in [0.25, 0.3) is 0 Å². The number of carbonyl (C=O) groups is 1. The molecule has 3 aromatic heterocycles. The van der Waals surface area contributed by atoms with E-state index in [1.165, 1.54) is 15.9 Å². The van der Waals surface area contributed by atoms with Crippen molar-refractivity contribution in [3.05, 3.63) is 82.3 Å². The van der Waals surface area contributed by atoms with Crippen molar-refractivity contribution < 1.29 is 19.4 Å². The third-order valence-corrected chi connectivity index (χ3v) is 7.20. The topological polar surface area (TPSA) is 88.5 Å². The van der Waals surface area contributed by atoms with Crippen LogP contribution >= 0.6 is 22.9 Å². The normalized spacial score (nSPS) is 11.9. The molecule has 8 heteroatoms. The summed E-state index contributed by atoms with van der Waals surface area (Å²) in [6, 6.07) is 16.3. The molecule has 2 aromatic carbocycles. The fraction of sp³-hybridized carbons (Fsp3) is 0.185. The van der Waals surface area contributed by atoms with Gasteiger partial charge in [0.05, 0.1) is 21.0 Å². The monoisotopic (exact) mass is 506 g/mol. The number of ketones is 1. The quantitative estimate of drug-likeness (QED) is 0.251. The lowest BCUT2D eigenvalue weighted by Crippen LogP contribution is -2.10. The minimum atomic E-state index is -0.543. The number of benzene rings is 2. The van der Waals surface area contributed by atoms with Gasteiger partial charge in [0.15, 0.2) is 16.6 Å². The highest BCUT2D eigenvalue weighted by Crippen LogP contribution is 2.46. The van der Waals surface area contributed by atoms with Crippen LogP contribution in [0.3, 0.4) is 0 Å². The summed E-state index contributed by atoms with van der Waals surface area (Å²) in [4.78, 5) is 18.1. The number of carbonyl (C=O) groups excluding carboxylic acids is 1. The highest BCUT2D eigenvalue weighted by Gasteiger charge is 2.32. The fourth-order valence-corrected chi connectivity index (χ4v) is 5.30. The molecule has 0 unspecified atom stereocenters. The van der Waals surface area contributed by atoms with Crippen LogP contribution in [0.1, 0.15) is 48.2 Å². The Bertz CT molecular complexity index is 1590. The van der Waals surface area contributed by atoms with Crippen molar-refractivity contribution in [1.29, 1.82) is 0 Å². The second-order valence-electron chi connectivity index (χ2n) is 9.38. The van der Waals surface area contributed by atoms with Crippen molar-refractivity contribution in [2.75, 3.05) is 0 Å². The number of aryl methyl sites for hydroxylation is 1. The maximum absolute atomic E-state index is 13.5. The van der Waals surface area contributed by atoms with Crippen LogP contribution in [0.2, 0.25) is 5.02 Å². The lowest BCUT2D eigenvalue weighted by atomic mass is 9.86. The van der Waals surface area contributed by atoms with E-state index < -0.39 is 17.4 Å². The van der Waals surface area contributed by atoms with Gasteiger partial charge in [-0.05, 0) is 47.7 Å². The first-order valence-electron chi connectivity index (χ1n) is 11.0. The number of hydrogen-bond donors (Lipinski definition) is 2. The predicted molar refractivity (Wildman–Crippen MR) is 138 cm³/mol. The number of furan rings is 1. The summed E-state index contributed by atoms with van der Waals surface area (Å²) < 4.78 is 7.75. The van der Waals surface area contributed by atoms with Gasteiger partial charge < -0.3 is 14.6 Å². The Morgan fingerprint density at radius 3 is 2.37 bits per heavy atom. The molecule has 0 spiro atoms. The van der Waals surface area contributed by atoms with E-state index in [4.69, 9.17) is 16.0 Å². The number of hydrogen-bond acceptors (Lipinski definition) is 6. The average molecular weight is 507 g/mol. The number of aromatic nitrogens is 2. The van der Waals surface area contributed by atoms with Gasteiger partial charge in [0.2, 0.25) is 11.7 Å². The first kappa shape index (κ1) is 23.2. The van der Waals surface area contributed by atoms with E-state index in [2.05, 4.69) is 25.8 Å². The molecule has 5 rings (SSSR count). The molecule has 0 atom stereocenters. The van der Waals surface area contributed by atoms with Gasteiger partial charge in [-0.25, -0.2) is 4.98 Å². The largest absolute Gasteiger partial charge is 0.503 e. The Hall–Kier alpha value is -3.55. The lowest BCUT2D eigenvalue weighted by molar-refractivity contribution is 0.101. The molecule has 0 saturated carbocycles. The number of para-hydroxylation sites is 1. The minimum Gasteiger partial charge on any atom is -0.503 e. The molecule has 0 saturated heterocycles. The predicted octanol–water partition coefficient (Wildman–Crippen LogP) is 7.25. The molecule has 0 aliphatic heterocycles. The van der Waals surface area contributed by atoms with Crippen molar-refractivity contribution in [1.82, 2.24) is 9.55 Å². The first-order valence-corrected chi connectivity index (χ1v) is 12.2. The fourth-order valence-electron chi connectivity index (χ4n) is 4.03. The second kappa shape index (κ2) is 8.29. The molecule has 0 fully saturated rings. The molecule has 3 heterocycles. The van der Waals surface area contributed by atoms with Gasteiger partial charge >= 0.3 is 0 Å². The molecule has 35 heavy (non-hydrogen) atoms. The van der Waals surface area contributed by atoms with Gasteiger partial charge in [-0.1, -0.05) is 74.0 Å². The summed E-state index contributed by atoms with van der Waals surface area (Å²) in [5, 5.41) is 22.9. The molecule has 0 aliphatic rings. The number of fused-ring (bicyclic) bond motifs is 1. The minimum absolute atomic E-state index is 0.0642. The average Bonchev–Trinajstić information content (AvgIpc) is 3.50. The van der Waals surface area contributed by atoms with Gasteiger partial charge in [-0.3, -0.25) is 9.36 Å². The van der Waals surface area contributed by atoms with E-state index >= 15 is 0 Å². The van der Waals surface area contributed by atoms with Gasteiger partial charge in [-0.2, -0.15) is 0 Å². The van der Waals surface area contributed by atoms with E-state index in [-0.39, 0.29) is 16.7 Å². The molecule has 0 radical (unpaired) electrons. The van der Waals surface area contributed by atoms with Crippen molar-refractivity contribution in [2.45, 2.75) is 33.1 Å². The highest BCUT2D eigenvalue weighted by molar-refractivity contribution is 7.21. The molecule has 0 bridgehead atoms. The summed E-state index contributed by atoms with van der Waals surface area (Å²) in [5.41, 5.74) is 2.49. The lowest BCUT2D eigenvalue weighted by Gasteiger charge is -2.19. The van der Waals surface area contributed by atoms with E-state index in [0.717, 1.165) is 10.3 Å². The Morgan fingerprint density at radius 1 is 1.06 bits per heavy atom. The third-order valence-electron chi connectivity index (χ3n) is 5.89. The Morgan fingerprint density at radius 2 is 1.77 bits per heavy atom. The van der Waals surface area contributed by atoms with Crippen molar-refractivity contribution >= 4 is 38.9 Å². The Balaban J connectivity index is 1.79. The van der Waals surface area contributed by atoms with Crippen LogP contribution in [-0.4, -0.2) is 25.5 Å². The first-order chi connectivity index (χ1) is 16.6. The standard InChI is InChI=1S/C27H23ClN2O4S/c1-14-8-13-18(34-14)23(31)20-22(15-9-11-16(12-10-15)27(2,3)4)30(25(33)24(20)32)26-29-21-17(28)6-5-7-19(21)35-26/h5-13,32-33H,1-4H3. The van der Waals surface area contributed by atoms with Crippen LogP contribution in [0.5, 0.6) is 11.6 Å². The summed E-state index contributed by atoms with van der Waals surface area (Å²) in [7, 11) is 0. The van der Waals surface area contributed by atoms with E-state index in [1.54, 1.807) is 25.1 Å². The SMILES string of the molecule is Cc1ccc(C(=O)c2c(O)c(O)n(-c3nc4c(Cl)cccc4s3)c2-c2ccc(C(C)(C)C)cc2)o1. The number of nitrogens with zero attached hydrogens (tertiary/aromatic N) is 2. The zero-order valence-corrected chi connectivity index (χ0v) is 21.2. The molecule has 6 nitrogen and oxygen atoms in total. The molecule has 0 amide bonds. The molecule has 5 aromatic rings. The Labute approximate surface area is 211 Å². The molecular formula is C27H23ClN2O4S. The van der Waals surface area contributed by atoms with Crippen LogP contribution in [0, 0.1) is 6.92 Å². The summed E-state index contributed by atoms with van der Waals surface area (Å²) in [5.74, 6) is -0.937. The van der Waals surface area contributed by atoms with Crippen molar-refractivity contribution in [3.63, 3.8) is 0 Å². The van der Waals surface area contributed by atoms with E-state index in [1.807, 2.05) is 36.4 Å². The van der Waals surface area contributed by atoms with Gasteiger partial charge in [0, 0.05) is 0 Å². The number of aromatic hydroxyl groups is 2. The smallest absolute Gasteiger partial charge is 0.242 e. The summed E-state index contributed by atoms with van der Waals surface area (Å²) >= 11 is 7.63. The molecule has 0 aliphatic carbocycles.